The third-order valence-corrected chi connectivity index (χ3v) is 5.66. The highest BCUT2D eigenvalue weighted by Gasteiger charge is 2.20. The van der Waals surface area contributed by atoms with Crippen LogP contribution >= 0.6 is 0 Å². The molecule has 0 amide bonds. The quantitative estimate of drug-likeness (QED) is 0.660. The van der Waals surface area contributed by atoms with Crippen LogP contribution in [-0.4, -0.2) is 0 Å². The number of nitrogens with zero attached hydrogens (tertiary/aromatic N) is 1. The Morgan fingerprint density at radius 1 is 0.833 bits per heavy atom. The summed E-state index contributed by atoms with van der Waals surface area (Å²) in [4.78, 5) is 0. The van der Waals surface area contributed by atoms with Crippen molar-refractivity contribution in [3.05, 3.63) is 70.8 Å². The van der Waals surface area contributed by atoms with E-state index < -0.39 is 0 Å². The van der Waals surface area contributed by atoms with Gasteiger partial charge in [0.15, 0.2) is 0 Å². The second kappa shape index (κ2) is 8.15. The van der Waals surface area contributed by atoms with Crippen LogP contribution in [0.3, 0.4) is 0 Å². The van der Waals surface area contributed by atoms with Gasteiger partial charge in [-0.2, -0.15) is 5.26 Å². The molecule has 1 aliphatic carbocycles. The fourth-order valence-electron chi connectivity index (χ4n) is 3.90. The van der Waals surface area contributed by atoms with Gasteiger partial charge in [-0.1, -0.05) is 49.7 Å². The van der Waals surface area contributed by atoms with Gasteiger partial charge in [0.1, 0.15) is 0 Å². The maximum atomic E-state index is 8.85. The molecule has 24 heavy (non-hydrogen) atoms. The number of hydrogen-bond donors (Lipinski definition) is 0. The summed E-state index contributed by atoms with van der Waals surface area (Å²) in [5.74, 6) is 1.74. The molecule has 1 nitrogen and oxygen atoms in total. The van der Waals surface area contributed by atoms with Gasteiger partial charge in [0, 0.05) is 0 Å². The molecule has 1 aliphatic rings. The van der Waals surface area contributed by atoms with Crippen LogP contribution in [0, 0.1) is 17.2 Å². The molecule has 1 heteroatoms. The first-order valence-corrected chi connectivity index (χ1v) is 9.36. The van der Waals surface area contributed by atoms with Crippen LogP contribution in [0.5, 0.6) is 0 Å². The van der Waals surface area contributed by atoms with Gasteiger partial charge >= 0.3 is 0 Å². The van der Waals surface area contributed by atoms with Crippen molar-refractivity contribution in [2.75, 3.05) is 0 Å². The van der Waals surface area contributed by atoms with Gasteiger partial charge in [0.05, 0.1) is 11.6 Å². The highest BCUT2D eigenvalue weighted by molar-refractivity contribution is 5.32. The number of aryl methyl sites for hydroxylation is 2. The Morgan fingerprint density at radius 3 is 1.88 bits per heavy atom. The average Bonchev–Trinajstić information content (AvgIpc) is 2.67. The van der Waals surface area contributed by atoms with Gasteiger partial charge in [-0.3, -0.25) is 0 Å². The van der Waals surface area contributed by atoms with Crippen molar-refractivity contribution in [2.24, 2.45) is 5.92 Å². The van der Waals surface area contributed by atoms with E-state index in [0.29, 0.717) is 0 Å². The molecule has 1 fully saturated rings. The van der Waals surface area contributed by atoms with Crippen molar-refractivity contribution in [3.8, 4) is 6.07 Å². The smallest absolute Gasteiger partial charge is 0.0991 e. The van der Waals surface area contributed by atoms with Crippen molar-refractivity contribution in [1.82, 2.24) is 0 Å². The standard InChI is InChI=1S/C23H27N/c1-2-18-9-13-22(14-10-18)23-15-11-20(12-16-23)4-3-19-5-7-21(17-24)8-6-19/h5-8,11-12,15-16,18,22H,2-4,9-10,13-14H2,1H3. The lowest BCUT2D eigenvalue weighted by atomic mass is 9.78. The summed E-state index contributed by atoms with van der Waals surface area (Å²) in [7, 11) is 0. The second-order valence-electron chi connectivity index (χ2n) is 7.18. The number of nitriles is 1. The maximum absolute atomic E-state index is 8.85. The number of hydrogen-bond acceptors (Lipinski definition) is 1. The molecule has 0 aromatic heterocycles. The summed E-state index contributed by atoms with van der Waals surface area (Å²) >= 11 is 0. The molecule has 0 aliphatic heterocycles. The van der Waals surface area contributed by atoms with E-state index in [9.17, 15) is 0 Å². The average molecular weight is 317 g/mol. The van der Waals surface area contributed by atoms with E-state index in [-0.39, 0.29) is 0 Å². The summed E-state index contributed by atoms with van der Waals surface area (Å²) in [5, 5.41) is 8.85. The molecule has 0 heterocycles. The largest absolute Gasteiger partial charge is 0.192 e. The van der Waals surface area contributed by atoms with Crippen molar-refractivity contribution in [1.29, 1.82) is 5.26 Å². The third kappa shape index (κ3) is 4.26. The van der Waals surface area contributed by atoms with Crippen molar-refractivity contribution in [3.63, 3.8) is 0 Å². The molecule has 0 unspecified atom stereocenters. The zero-order chi connectivity index (χ0) is 16.8. The zero-order valence-corrected chi connectivity index (χ0v) is 14.7. The highest BCUT2D eigenvalue weighted by Crippen LogP contribution is 2.36. The van der Waals surface area contributed by atoms with Crippen molar-refractivity contribution >= 4 is 0 Å². The fraction of sp³-hybridized carbons (Fsp3) is 0.435. The molecular weight excluding hydrogens is 290 g/mol. The monoisotopic (exact) mass is 317 g/mol. The lowest BCUT2D eigenvalue weighted by Crippen LogP contribution is -2.12. The molecule has 0 bridgehead atoms. The van der Waals surface area contributed by atoms with Gasteiger partial charge in [0.25, 0.3) is 0 Å². The van der Waals surface area contributed by atoms with E-state index in [4.69, 9.17) is 5.26 Å². The van der Waals surface area contributed by atoms with Gasteiger partial charge in [-0.15, -0.1) is 0 Å². The normalized spacial score (nSPS) is 20.5. The van der Waals surface area contributed by atoms with E-state index in [2.05, 4.69) is 49.4 Å². The first-order chi connectivity index (χ1) is 11.8. The SMILES string of the molecule is CCC1CCC(c2ccc(CCc3ccc(C#N)cc3)cc2)CC1. The lowest BCUT2D eigenvalue weighted by Gasteiger charge is -2.28. The van der Waals surface area contributed by atoms with Gasteiger partial charge in [-0.25, -0.2) is 0 Å². The van der Waals surface area contributed by atoms with Crippen molar-refractivity contribution in [2.45, 2.75) is 57.8 Å². The third-order valence-electron chi connectivity index (χ3n) is 5.66. The van der Waals surface area contributed by atoms with Gasteiger partial charge in [-0.05, 0) is 79.2 Å². The first kappa shape index (κ1) is 16.8. The fourth-order valence-corrected chi connectivity index (χ4v) is 3.90. The summed E-state index contributed by atoms with van der Waals surface area (Å²) in [6, 6.07) is 19.4. The van der Waals surface area contributed by atoms with Gasteiger partial charge in [0.2, 0.25) is 0 Å². The van der Waals surface area contributed by atoms with Crippen LogP contribution in [0.15, 0.2) is 48.5 Å². The minimum atomic E-state index is 0.737. The highest BCUT2D eigenvalue weighted by atomic mass is 14.3. The van der Waals surface area contributed by atoms with Crippen LogP contribution in [0.2, 0.25) is 0 Å². The van der Waals surface area contributed by atoms with Crippen LogP contribution < -0.4 is 0 Å². The molecule has 0 atom stereocenters. The second-order valence-corrected chi connectivity index (χ2v) is 7.18. The summed E-state index contributed by atoms with van der Waals surface area (Å²) in [6.45, 7) is 2.33. The Morgan fingerprint density at radius 2 is 1.38 bits per heavy atom. The van der Waals surface area contributed by atoms with Crippen molar-refractivity contribution < 1.29 is 0 Å². The van der Waals surface area contributed by atoms with Crippen LogP contribution in [0.25, 0.3) is 0 Å². The Hall–Kier alpha value is -2.07. The van der Waals surface area contributed by atoms with E-state index in [1.54, 1.807) is 0 Å². The maximum Gasteiger partial charge on any atom is 0.0991 e. The Balaban J connectivity index is 1.53. The van der Waals surface area contributed by atoms with Crippen LogP contribution in [-0.2, 0) is 12.8 Å². The Kier molecular flexibility index (Phi) is 5.70. The Bertz CT molecular complexity index is 667. The predicted octanol–water partition coefficient (Wildman–Crippen LogP) is 6.03. The molecule has 0 spiro atoms. The van der Waals surface area contributed by atoms with E-state index in [1.807, 2.05) is 12.1 Å². The molecule has 0 radical (unpaired) electrons. The predicted molar refractivity (Wildman–Crippen MR) is 100.0 cm³/mol. The molecule has 2 aromatic carbocycles. The molecule has 124 valence electrons. The minimum absolute atomic E-state index is 0.737. The molecule has 3 rings (SSSR count). The van der Waals surface area contributed by atoms with Crippen LogP contribution in [0.4, 0.5) is 0 Å². The minimum Gasteiger partial charge on any atom is -0.192 e. The van der Waals surface area contributed by atoms with E-state index in [1.165, 1.54) is 48.8 Å². The van der Waals surface area contributed by atoms with E-state index in [0.717, 1.165) is 30.2 Å². The summed E-state index contributed by atoms with van der Waals surface area (Å²) < 4.78 is 0. The lowest BCUT2D eigenvalue weighted by molar-refractivity contribution is 0.319. The number of benzene rings is 2. The number of rotatable bonds is 5. The Labute approximate surface area is 146 Å². The zero-order valence-electron chi connectivity index (χ0n) is 14.7. The van der Waals surface area contributed by atoms with E-state index >= 15 is 0 Å². The first-order valence-electron chi connectivity index (χ1n) is 9.36. The van der Waals surface area contributed by atoms with Crippen LogP contribution in [0.1, 0.15) is 67.2 Å². The molecule has 2 aromatic rings. The molecular formula is C23H27N. The summed E-state index contributed by atoms with van der Waals surface area (Å²) in [6.07, 6.45) is 8.98. The molecule has 0 saturated heterocycles. The molecule has 0 N–H and O–H groups in total. The van der Waals surface area contributed by atoms with Gasteiger partial charge < -0.3 is 0 Å². The summed E-state index contributed by atoms with van der Waals surface area (Å²) in [5.41, 5.74) is 4.98. The molecule has 1 saturated carbocycles. The topological polar surface area (TPSA) is 23.8 Å².